The number of nitrogens with zero attached hydrogens (tertiary/aromatic N) is 2. The lowest BCUT2D eigenvalue weighted by atomic mass is 10.2. The lowest BCUT2D eigenvalue weighted by Crippen LogP contribution is -2.41. The van der Waals surface area contributed by atoms with Crippen molar-refractivity contribution in [1.82, 2.24) is 14.9 Å². The average molecular weight is 373 g/mol. The third-order valence-corrected chi connectivity index (χ3v) is 7.65. The Hall–Kier alpha value is -1.12. The van der Waals surface area contributed by atoms with Gasteiger partial charge in [-0.1, -0.05) is 13.3 Å². The van der Waals surface area contributed by atoms with Gasteiger partial charge in [-0.05, 0) is 38.3 Å². The molecule has 1 aromatic rings. The Morgan fingerprint density at radius 2 is 2.04 bits per heavy atom. The first kappa shape index (κ1) is 19.2. The molecule has 2 heterocycles. The van der Waals surface area contributed by atoms with Crippen molar-refractivity contribution in [3.8, 4) is 0 Å². The molecule has 8 heteroatoms. The fourth-order valence-electron chi connectivity index (χ4n) is 2.53. The van der Waals surface area contributed by atoms with E-state index in [0.717, 1.165) is 36.5 Å². The molecule has 0 radical (unpaired) electrons. The van der Waals surface area contributed by atoms with Gasteiger partial charge in [0.15, 0.2) is 5.96 Å². The van der Waals surface area contributed by atoms with Crippen molar-refractivity contribution in [1.29, 1.82) is 0 Å². The van der Waals surface area contributed by atoms with Crippen LogP contribution in [0.2, 0.25) is 0 Å². The molecule has 0 saturated carbocycles. The van der Waals surface area contributed by atoms with Crippen molar-refractivity contribution >= 4 is 27.3 Å². The molecule has 1 fully saturated rings. The summed E-state index contributed by atoms with van der Waals surface area (Å²) in [7, 11) is -1.60. The molecule has 1 aliphatic rings. The normalized spacial score (nSPS) is 18.4. The smallest absolute Gasteiger partial charge is 0.252 e. The van der Waals surface area contributed by atoms with Gasteiger partial charge in [-0.25, -0.2) is 8.42 Å². The van der Waals surface area contributed by atoms with Crippen LogP contribution in [0.25, 0.3) is 0 Å². The van der Waals surface area contributed by atoms with Gasteiger partial charge in [0.1, 0.15) is 4.21 Å². The first-order valence-electron chi connectivity index (χ1n) is 8.53. The molecule has 1 aliphatic heterocycles. The number of nitrogens with one attached hydrogen (secondary N) is 2. The number of hydrogen-bond donors (Lipinski definition) is 2. The van der Waals surface area contributed by atoms with Crippen molar-refractivity contribution in [2.45, 2.75) is 56.3 Å². The first-order valence-corrected chi connectivity index (χ1v) is 10.8. The highest BCUT2D eigenvalue weighted by Crippen LogP contribution is 2.26. The molecule has 1 aromatic heterocycles. The van der Waals surface area contributed by atoms with E-state index in [0.29, 0.717) is 29.9 Å². The summed E-state index contributed by atoms with van der Waals surface area (Å²) in [5.41, 5.74) is 0. The lowest BCUT2D eigenvalue weighted by molar-refractivity contribution is 0.347. The molecule has 0 aliphatic carbocycles. The minimum Gasteiger partial charge on any atom is -0.354 e. The highest BCUT2D eigenvalue weighted by atomic mass is 32.2. The Morgan fingerprint density at radius 1 is 1.33 bits per heavy atom. The minimum atomic E-state index is -3.33. The maximum Gasteiger partial charge on any atom is 0.252 e. The zero-order valence-corrected chi connectivity index (χ0v) is 16.3. The first-order chi connectivity index (χ1) is 11.5. The maximum absolute atomic E-state index is 12.7. The average Bonchev–Trinajstić information content (AvgIpc) is 3.09. The van der Waals surface area contributed by atoms with Crippen molar-refractivity contribution in [3.05, 3.63) is 17.0 Å². The van der Waals surface area contributed by atoms with Crippen LogP contribution in [-0.4, -0.2) is 44.9 Å². The van der Waals surface area contributed by atoms with Crippen molar-refractivity contribution in [2.24, 2.45) is 4.99 Å². The van der Waals surface area contributed by atoms with Crippen LogP contribution in [-0.2, 0) is 16.6 Å². The Morgan fingerprint density at radius 3 is 2.67 bits per heavy atom. The molecular formula is C16H28N4O2S2. The largest absolute Gasteiger partial charge is 0.354 e. The van der Waals surface area contributed by atoms with Gasteiger partial charge >= 0.3 is 0 Å². The summed E-state index contributed by atoms with van der Waals surface area (Å²) < 4.78 is 27.4. The molecule has 136 valence electrons. The Kier molecular flexibility index (Phi) is 7.06. The molecular weight excluding hydrogens is 344 g/mol. The molecule has 1 unspecified atom stereocenters. The molecule has 1 saturated heterocycles. The standard InChI is InChI=1S/C16H28N4O2S2/c1-4-13(2)19-16(17-3)18-12-14-8-9-15(23-14)24(21,22)20-10-6-5-7-11-20/h8-9,13H,4-7,10-12H2,1-3H3,(H2,17,18,19). The van der Waals surface area contributed by atoms with Gasteiger partial charge < -0.3 is 10.6 Å². The van der Waals surface area contributed by atoms with Crippen LogP contribution in [0.4, 0.5) is 0 Å². The Labute approximate surface area is 149 Å². The van der Waals surface area contributed by atoms with Crippen molar-refractivity contribution in [3.63, 3.8) is 0 Å². The summed E-state index contributed by atoms with van der Waals surface area (Å²) in [4.78, 5) is 5.18. The second kappa shape index (κ2) is 8.82. The monoisotopic (exact) mass is 372 g/mol. The number of thiophene rings is 1. The van der Waals surface area contributed by atoms with E-state index in [9.17, 15) is 8.42 Å². The number of rotatable bonds is 6. The maximum atomic E-state index is 12.7. The van der Waals surface area contributed by atoms with Gasteiger partial charge in [0.05, 0.1) is 6.54 Å². The molecule has 6 nitrogen and oxygen atoms in total. The van der Waals surface area contributed by atoms with E-state index in [1.54, 1.807) is 17.4 Å². The highest BCUT2D eigenvalue weighted by molar-refractivity contribution is 7.91. The van der Waals surface area contributed by atoms with Gasteiger partial charge in [0.25, 0.3) is 10.0 Å². The fraction of sp³-hybridized carbons (Fsp3) is 0.688. The molecule has 2 rings (SSSR count). The number of piperidine rings is 1. The summed E-state index contributed by atoms with van der Waals surface area (Å²) in [5, 5.41) is 6.53. The summed E-state index contributed by atoms with van der Waals surface area (Å²) in [6, 6.07) is 3.94. The predicted molar refractivity (Wildman–Crippen MR) is 100 cm³/mol. The van der Waals surface area contributed by atoms with Crippen molar-refractivity contribution in [2.75, 3.05) is 20.1 Å². The van der Waals surface area contributed by atoms with E-state index < -0.39 is 10.0 Å². The van der Waals surface area contributed by atoms with Crippen LogP contribution >= 0.6 is 11.3 Å². The Balaban J connectivity index is 1.97. The molecule has 0 aromatic carbocycles. The summed E-state index contributed by atoms with van der Waals surface area (Å²) >= 11 is 1.34. The zero-order valence-electron chi connectivity index (χ0n) is 14.7. The second-order valence-electron chi connectivity index (χ2n) is 6.06. The molecule has 2 N–H and O–H groups in total. The van der Waals surface area contributed by atoms with E-state index >= 15 is 0 Å². The lowest BCUT2D eigenvalue weighted by Gasteiger charge is -2.25. The van der Waals surface area contributed by atoms with E-state index in [-0.39, 0.29) is 0 Å². The van der Waals surface area contributed by atoms with Crippen LogP contribution in [0.3, 0.4) is 0 Å². The number of aliphatic imine (C=N–C) groups is 1. The van der Waals surface area contributed by atoms with Gasteiger partial charge in [0.2, 0.25) is 0 Å². The van der Waals surface area contributed by atoms with E-state index in [2.05, 4.69) is 29.5 Å². The summed E-state index contributed by atoms with van der Waals surface area (Å²) in [6.07, 6.45) is 4.04. The molecule has 0 spiro atoms. The molecule has 0 bridgehead atoms. The van der Waals surface area contributed by atoms with Crippen molar-refractivity contribution < 1.29 is 8.42 Å². The van der Waals surface area contributed by atoms with Crippen LogP contribution < -0.4 is 10.6 Å². The van der Waals surface area contributed by atoms with Crippen LogP contribution in [0.1, 0.15) is 44.4 Å². The molecule has 24 heavy (non-hydrogen) atoms. The highest BCUT2D eigenvalue weighted by Gasteiger charge is 2.27. The van der Waals surface area contributed by atoms with Gasteiger partial charge in [0, 0.05) is 31.1 Å². The topological polar surface area (TPSA) is 73.8 Å². The van der Waals surface area contributed by atoms with E-state index in [4.69, 9.17) is 0 Å². The third-order valence-electron chi connectivity index (χ3n) is 4.20. The van der Waals surface area contributed by atoms with Gasteiger partial charge in [-0.15, -0.1) is 11.3 Å². The summed E-state index contributed by atoms with van der Waals surface area (Å²) in [6.45, 7) is 6.05. The third kappa shape index (κ3) is 4.94. The van der Waals surface area contributed by atoms with E-state index in [1.165, 1.54) is 11.3 Å². The fourth-order valence-corrected chi connectivity index (χ4v) is 5.49. The molecule has 0 amide bonds. The number of sulfonamides is 1. The quantitative estimate of drug-likeness (QED) is 0.594. The Bertz CT molecular complexity index is 649. The minimum absolute atomic E-state index is 0.342. The number of guanidine groups is 1. The van der Waals surface area contributed by atoms with Crippen LogP contribution in [0.15, 0.2) is 21.3 Å². The zero-order chi connectivity index (χ0) is 17.6. The molecule has 1 atom stereocenters. The van der Waals surface area contributed by atoms with Gasteiger partial charge in [-0.2, -0.15) is 4.31 Å². The van der Waals surface area contributed by atoms with Crippen LogP contribution in [0.5, 0.6) is 0 Å². The predicted octanol–water partition coefficient (Wildman–Crippen LogP) is 2.39. The van der Waals surface area contributed by atoms with E-state index in [1.807, 2.05) is 6.07 Å². The number of hydrogen-bond acceptors (Lipinski definition) is 4. The van der Waals surface area contributed by atoms with Gasteiger partial charge in [-0.3, -0.25) is 4.99 Å². The second-order valence-corrected chi connectivity index (χ2v) is 9.40. The van der Waals surface area contributed by atoms with Crippen LogP contribution in [0, 0.1) is 0 Å². The SMILES string of the molecule is CCC(C)NC(=NC)NCc1ccc(S(=O)(=O)N2CCCCC2)s1. The summed E-state index contributed by atoms with van der Waals surface area (Å²) in [5.74, 6) is 0.734.